The molecule has 5 nitrogen and oxygen atoms in total. The minimum Gasteiger partial charge on any atom is -0.507 e. The summed E-state index contributed by atoms with van der Waals surface area (Å²) in [4.78, 5) is 15.3. The van der Waals surface area contributed by atoms with E-state index < -0.39 is 0 Å². The molecule has 1 aromatic carbocycles. The van der Waals surface area contributed by atoms with Crippen molar-refractivity contribution in [3.8, 4) is 16.9 Å². The van der Waals surface area contributed by atoms with Crippen molar-refractivity contribution in [2.45, 2.75) is 0 Å². The molecule has 0 radical (unpaired) electrons. The average molecular weight is 227 g/mol. The Balaban J connectivity index is 2.24. The van der Waals surface area contributed by atoms with Crippen molar-refractivity contribution in [2.75, 3.05) is 0 Å². The molecule has 84 valence electrons. The molecule has 2 N–H and O–H groups in total. The van der Waals surface area contributed by atoms with Gasteiger partial charge in [-0.2, -0.15) is 0 Å². The van der Waals surface area contributed by atoms with Crippen molar-refractivity contribution >= 4 is 5.65 Å². The van der Waals surface area contributed by atoms with E-state index in [-0.39, 0.29) is 11.3 Å². The number of aromatic amines is 1. The lowest BCUT2D eigenvalue weighted by Gasteiger charge is -2.04. The van der Waals surface area contributed by atoms with Gasteiger partial charge in [0.25, 0.3) is 5.56 Å². The van der Waals surface area contributed by atoms with Gasteiger partial charge in [0.05, 0.1) is 0 Å². The van der Waals surface area contributed by atoms with Gasteiger partial charge in [0.15, 0.2) is 5.65 Å². The fourth-order valence-corrected chi connectivity index (χ4v) is 1.76. The largest absolute Gasteiger partial charge is 0.507 e. The summed E-state index contributed by atoms with van der Waals surface area (Å²) in [5.41, 5.74) is 1.76. The molecule has 0 atom stereocenters. The van der Waals surface area contributed by atoms with E-state index in [1.54, 1.807) is 30.6 Å². The number of phenolic OH excluding ortho intramolecular Hbond substituents is 1. The molecule has 2 aromatic heterocycles. The summed E-state index contributed by atoms with van der Waals surface area (Å²) in [6.07, 6.45) is 3.34. The van der Waals surface area contributed by atoms with Crippen LogP contribution in [0.15, 0.2) is 47.5 Å². The molecule has 0 amide bonds. The molecule has 0 fully saturated rings. The Labute approximate surface area is 96.0 Å². The van der Waals surface area contributed by atoms with Crippen molar-refractivity contribution in [1.82, 2.24) is 14.6 Å². The number of aromatic nitrogens is 3. The summed E-state index contributed by atoms with van der Waals surface area (Å²) in [5, 5.41) is 12.3. The average Bonchev–Trinajstić information content (AvgIpc) is 2.68. The lowest BCUT2D eigenvalue weighted by molar-refractivity contribution is 0.477. The Kier molecular flexibility index (Phi) is 1.98. The zero-order valence-corrected chi connectivity index (χ0v) is 8.79. The van der Waals surface area contributed by atoms with Crippen molar-refractivity contribution in [3.05, 3.63) is 53.1 Å². The van der Waals surface area contributed by atoms with E-state index in [9.17, 15) is 9.90 Å². The molecule has 0 saturated carbocycles. The number of phenols is 1. The van der Waals surface area contributed by atoms with Gasteiger partial charge in [-0.3, -0.25) is 9.89 Å². The van der Waals surface area contributed by atoms with Gasteiger partial charge in [0.2, 0.25) is 0 Å². The van der Waals surface area contributed by atoms with E-state index in [0.29, 0.717) is 11.2 Å². The highest BCUT2D eigenvalue weighted by Gasteiger charge is 2.05. The Morgan fingerprint density at radius 2 is 2.12 bits per heavy atom. The minimum atomic E-state index is -0.202. The Hall–Kier alpha value is -2.56. The van der Waals surface area contributed by atoms with Crippen molar-refractivity contribution in [2.24, 2.45) is 0 Å². The number of hydrogen-bond donors (Lipinski definition) is 2. The molecule has 0 saturated heterocycles. The van der Waals surface area contributed by atoms with Crippen LogP contribution in [0.5, 0.6) is 5.75 Å². The first-order valence-electron chi connectivity index (χ1n) is 5.10. The molecule has 0 unspecified atom stereocenters. The maximum Gasteiger partial charge on any atom is 0.266 e. The molecule has 17 heavy (non-hydrogen) atoms. The molecule has 5 heteroatoms. The van der Waals surface area contributed by atoms with Crippen LogP contribution in [0.25, 0.3) is 16.8 Å². The first-order chi connectivity index (χ1) is 8.24. The van der Waals surface area contributed by atoms with E-state index in [1.807, 2.05) is 6.07 Å². The number of nitrogens with one attached hydrogen (secondary N) is 1. The zero-order valence-electron chi connectivity index (χ0n) is 8.79. The highest BCUT2D eigenvalue weighted by atomic mass is 16.3. The summed E-state index contributed by atoms with van der Waals surface area (Å²) in [6.45, 7) is 0. The second-order valence-corrected chi connectivity index (χ2v) is 3.71. The SMILES string of the molecule is O=c1cc2ncc(-c3ccccc3O)cn2[nH]1. The summed E-state index contributed by atoms with van der Waals surface area (Å²) in [5.74, 6) is 0.183. The maximum absolute atomic E-state index is 11.1. The molecule has 0 spiro atoms. The van der Waals surface area contributed by atoms with E-state index in [0.717, 1.165) is 5.56 Å². The van der Waals surface area contributed by atoms with Crippen LogP contribution in [-0.2, 0) is 0 Å². The van der Waals surface area contributed by atoms with Gasteiger partial charge in [-0.05, 0) is 6.07 Å². The Bertz CT molecular complexity index is 743. The van der Waals surface area contributed by atoms with Crippen LogP contribution < -0.4 is 5.56 Å². The minimum absolute atomic E-state index is 0.183. The number of para-hydroxylation sites is 1. The lowest BCUT2D eigenvalue weighted by atomic mass is 10.1. The quantitative estimate of drug-likeness (QED) is 0.660. The normalized spacial score (nSPS) is 10.8. The standard InChI is InChI=1S/C12H9N3O2/c16-10-4-2-1-3-9(10)8-6-13-11-5-12(17)14-15(11)7-8/h1-7,16H,(H,14,17). The predicted molar refractivity (Wildman–Crippen MR) is 62.9 cm³/mol. The van der Waals surface area contributed by atoms with Gasteiger partial charge >= 0.3 is 0 Å². The molecule has 0 aliphatic rings. The lowest BCUT2D eigenvalue weighted by Crippen LogP contribution is -1.98. The molecule has 2 heterocycles. The molecular formula is C12H9N3O2. The van der Waals surface area contributed by atoms with Gasteiger partial charge in [-0.15, -0.1) is 0 Å². The van der Waals surface area contributed by atoms with Gasteiger partial charge in [0.1, 0.15) is 5.75 Å². The van der Waals surface area contributed by atoms with Crippen LogP contribution in [0.4, 0.5) is 0 Å². The van der Waals surface area contributed by atoms with Crippen LogP contribution in [0.3, 0.4) is 0 Å². The van der Waals surface area contributed by atoms with Crippen LogP contribution >= 0.6 is 0 Å². The highest BCUT2D eigenvalue weighted by Crippen LogP contribution is 2.27. The van der Waals surface area contributed by atoms with Crippen molar-refractivity contribution < 1.29 is 5.11 Å². The smallest absolute Gasteiger partial charge is 0.266 e. The van der Waals surface area contributed by atoms with E-state index in [4.69, 9.17) is 0 Å². The molecule has 0 aliphatic heterocycles. The molecule has 0 aliphatic carbocycles. The van der Waals surface area contributed by atoms with Crippen LogP contribution in [0.2, 0.25) is 0 Å². The highest BCUT2D eigenvalue weighted by molar-refractivity contribution is 5.69. The monoisotopic (exact) mass is 227 g/mol. The first-order valence-corrected chi connectivity index (χ1v) is 5.10. The third-order valence-electron chi connectivity index (χ3n) is 2.56. The van der Waals surface area contributed by atoms with Gasteiger partial charge in [0, 0.05) is 29.6 Å². The molecule has 3 rings (SSSR count). The number of fused-ring (bicyclic) bond motifs is 1. The second-order valence-electron chi connectivity index (χ2n) is 3.71. The van der Waals surface area contributed by atoms with Gasteiger partial charge in [-0.1, -0.05) is 18.2 Å². The Morgan fingerprint density at radius 1 is 1.29 bits per heavy atom. The van der Waals surface area contributed by atoms with Crippen molar-refractivity contribution in [1.29, 1.82) is 0 Å². The number of H-pyrrole nitrogens is 1. The Morgan fingerprint density at radius 3 is 2.94 bits per heavy atom. The first kappa shape index (κ1) is 9.65. The summed E-state index contributed by atoms with van der Waals surface area (Å²) in [7, 11) is 0. The van der Waals surface area contributed by atoms with Crippen LogP contribution in [0, 0.1) is 0 Å². The van der Waals surface area contributed by atoms with Gasteiger partial charge < -0.3 is 5.11 Å². The predicted octanol–water partition coefficient (Wildman–Crippen LogP) is 1.40. The summed E-state index contributed by atoms with van der Waals surface area (Å²) < 4.78 is 1.53. The topological polar surface area (TPSA) is 70.4 Å². The van der Waals surface area contributed by atoms with E-state index >= 15 is 0 Å². The molecule has 3 aromatic rings. The molecular weight excluding hydrogens is 218 g/mol. The third kappa shape index (κ3) is 1.57. The van der Waals surface area contributed by atoms with Crippen LogP contribution in [-0.4, -0.2) is 19.7 Å². The number of hydrogen-bond acceptors (Lipinski definition) is 3. The van der Waals surface area contributed by atoms with Gasteiger partial charge in [-0.25, -0.2) is 9.50 Å². The third-order valence-corrected chi connectivity index (χ3v) is 2.56. The fraction of sp³-hybridized carbons (Fsp3) is 0. The van der Waals surface area contributed by atoms with E-state index in [1.165, 1.54) is 10.6 Å². The summed E-state index contributed by atoms with van der Waals surface area (Å²) in [6, 6.07) is 8.40. The number of nitrogens with zero attached hydrogens (tertiary/aromatic N) is 2. The number of rotatable bonds is 1. The summed E-state index contributed by atoms with van der Waals surface area (Å²) >= 11 is 0. The number of benzene rings is 1. The zero-order chi connectivity index (χ0) is 11.8. The molecule has 0 bridgehead atoms. The number of aromatic hydroxyl groups is 1. The van der Waals surface area contributed by atoms with Crippen molar-refractivity contribution in [3.63, 3.8) is 0 Å². The van der Waals surface area contributed by atoms with E-state index in [2.05, 4.69) is 10.1 Å². The van der Waals surface area contributed by atoms with Crippen LogP contribution in [0.1, 0.15) is 0 Å². The maximum atomic E-state index is 11.1. The second kappa shape index (κ2) is 3.48. The fourth-order valence-electron chi connectivity index (χ4n) is 1.76.